The standard InChI is InChI=1S/C15H17ClN2O/c1-3-19-14-7-11(17)6-13(8-14)18-12-5-4-10(2)15(16)9-12/h4-9,18H,3,17H2,1-2H3. The van der Waals surface area contributed by atoms with Gasteiger partial charge in [-0.2, -0.15) is 0 Å². The zero-order valence-corrected chi connectivity index (χ0v) is 11.8. The average Bonchev–Trinajstić information content (AvgIpc) is 2.33. The van der Waals surface area contributed by atoms with Gasteiger partial charge >= 0.3 is 0 Å². The van der Waals surface area contributed by atoms with Crippen molar-refractivity contribution in [3.63, 3.8) is 0 Å². The van der Waals surface area contributed by atoms with Crippen LogP contribution in [0.3, 0.4) is 0 Å². The van der Waals surface area contributed by atoms with Crippen LogP contribution in [-0.4, -0.2) is 6.61 Å². The number of benzene rings is 2. The van der Waals surface area contributed by atoms with E-state index >= 15 is 0 Å². The van der Waals surface area contributed by atoms with Crippen molar-refractivity contribution in [2.75, 3.05) is 17.7 Å². The van der Waals surface area contributed by atoms with Crippen molar-refractivity contribution in [1.82, 2.24) is 0 Å². The molecule has 0 bridgehead atoms. The van der Waals surface area contributed by atoms with E-state index in [9.17, 15) is 0 Å². The second-order valence-electron chi connectivity index (χ2n) is 4.31. The summed E-state index contributed by atoms with van der Waals surface area (Å²) in [7, 11) is 0. The Balaban J connectivity index is 2.24. The fourth-order valence-corrected chi connectivity index (χ4v) is 1.96. The molecular formula is C15H17ClN2O. The molecule has 0 aliphatic carbocycles. The van der Waals surface area contributed by atoms with Gasteiger partial charge in [-0.15, -0.1) is 0 Å². The third kappa shape index (κ3) is 3.55. The van der Waals surface area contributed by atoms with Crippen LogP contribution in [0.1, 0.15) is 12.5 Å². The molecule has 0 fully saturated rings. The highest BCUT2D eigenvalue weighted by atomic mass is 35.5. The van der Waals surface area contributed by atoms with Gasteiger partial charge in [-0.1, -0.05) is 17.7 Å². The van der Waals surface area contributed by atoms with Crippen molar-refractivity contribution in [1.29, 1.82) is 0 Å². The Kier molecular flexibility index (Phi) is 4.17. The van der Waals surface area contributed by atoms with Crippen molar-refractivity contribution in [2.45, 2.75) is 13.8 Å². The van der Waals surface area contributed by atoms with Crippen molar-refractivity contribution in [3.8, 4) is 5.75 Å². The van der Waals surface area contributed by atoms with E-state index in [4.69, 9.17) is 22.1 Å². The lowest BCUT2D eigenvalue weighted by atomic mass is 10.2. The van der Waals surface area contributed by atoms with Crippen LogP contribution in [0.15, 0.2) is 36.4 Å². The predicted octanol–water partition coefficient (Wildman–Crippen LogP) is 4.37. The monoisotopic (exact) mass is 276 g/mol. The van der Waals surface area contributed by atoms with Crippen LogP contribution in [0.4, 0.5) is 17.1 Å². The normalized spacial score (nSPS) is 10.3. The molecular weight excluding hydrogens is 260 g/mol. The number of hydrogen-bond acceptors (Lipinski definition) is 3. The summed E-state index contributed by atoms with van der Waals surface area (Å²) in [6, 6.07) is 11.4. The zero-order chi connectivity index (χ0) is 13.8. The molecule has 3 N–H and O–H groups in total. The SMILES string of the molecule is CCOc1cc(N)cc(Nc2ccc(C)c(Cl)c2)c1. The van der Waals surface area contributed by atoms with Gasteiger partial charge in [0.1, 0.15) is 5.75 Å². The lowest BCUT2D eigenvalue weighted by molar-refractivity contribution is 0.340. The molecule has 0 radical (unpaired) electrons. The minimum atomic E-state index is 0.610. The Morgan fingerprint density at radius 3 is 2.63 bits per heavy atom. The molecule has 0 saturated carbocycles. The number of hydrogen-bond donors (Lipinski definition) is 2. The van der Waals surface area contributed by atoms with E-state index in [1.165, 1.54) is 0 Å². The predicted molar refractivity (Wildman–Crippen MR) is 81.5 cm³/mol. The van der Waals surface area contributed by atoms with Gasteiger partial charge in [-0.05, 0) is 37.6 Å². The summed E-state index contributed by atoms with van der Waals surface area (Å²) in [5.41, 5.74) is 9.36. The highest BCUT2D eigenvalue weighted by molar-refractivity contribution is 6.31. The third-order valence-corrected chi connectivity index (χ3v) is 3.11. The van der Waals surface area contributed by atoms with Gasteiger partial charge in [0.25, 0.3) is 0 Å². The van der Waals surface area contributed by atoms with Gasteiger partial charge in [-0.3, -0.25) is 0 Å². The number of nitrogens with two attached hydrogens (primary N) is 1. The minimum absolute atomic E-state index is 0.610. The summed E-state index contributed by atoms with van der Waals surface area (Å²) in [5.74, 6) is 0.753. The maximum atomic E-state index is 6.10. The molecule has 0 atom stereocenters. The van der Waals surface area contributed by atoms with Crippen molar-refractivity contribution < 1.29 is 4.74 Å². The highest BCUT2D eigenvalue weighted by Gasteiger charge is 2.02. The highest BCUT2D eigenvalue weighted by Crippen LogP contribution is 2.27. The fraction of sp³-hybridized carbons (Fsp3) is 0.200. The second-order valence-corrected chi connectivity index (χ2v) is 4.72. The molecule has 0 unspecified atom stereocenters. The number of aryl methyl sites for hydroxylation is 1. The molecule has 2 rings (SSSR count). The van der Waals surface area contributed by atoms with Crippen LogP contribution in [0.25, 0.3) is 0 Å². The maximum Gasteiger partial charge on any atom is 0.123 e. The van der Waals surface area contributed by atoms with E-state index in [1.54, 1.807) is 6.07 Å². The van der Waals surface area contributed by atoms with Gasteiger partial charge in [0.05, 0.1) is 6.61 Å². The summed E-state index contributed by atoms with van der Waals surface area (Å²) in [6.45, 7) is 4.52. The topological polar surface area (TPSA) is 47.3 Å². The van der Waals surface area contributed by atoms with Gasteiger partial charge in [-0.25, -0.2) is 0 Å². The Bertz CT molecular complexity index is 584. The average molecular weight is 277 g/mol. The van der Waals surface area contributed by atoms with Crippen LogP contribution in [0, 0.1) is 6.92 Å². The largest absolute Gasteiger partial charge is 0.494 e. The molecule has 2 aromatic carbocycles. The van der Waals surface area contributed by atoms with E-state index in [0.717, 1.165) is 27.7 Å². The smallest absolute Gasteiger partial charge is 0.123 e. The van der Waals surface area contributed by atoms with Gasteiger partial charge in [0.15, 0.2) is 0 Å². The summed E-state index contributed by atoms with van der Waals surface area (Å²) < 4.78 is 5.46. The summed E-state index contributed by atoms with van der Waals surface area (Å²) in [5, 5.41) is 4.00. The van der Waals surface area contributed by atoms with Crippen molar-refractivity contribution in [2.24, 2.45) is 0 Å². The quantitative estimate of drug-likeness (QED) is 0.815. The van der Waals surface area contributed by atoms with Crippen molar-refractivity contribution >= 4 is 28.7 Å². The molecule has 0 amide bonds. The molecule has 0 heterocycles. The van der Waals surface area contributed by atoms with Crippen molar-refractivity contribution in [3.05, 3.63) is 47.0 Å². The van der Waals surface area contributed by atoms with E-state index in [2.05, 4.69) is 5.32 Å². The first-order valence-corrected chi connectivity index (χ1v) is 6.53. The van der Waals surface area contributed by atoms with E-state index < -0.39 is 0 Å². The third-order valence-electron chi connectivity index (χ3n) is 2.70. The molecule has 4 heteroatoms. The van der Waals surface area contributed by atoms with Crippen LogP contribution in [0.5, 0.6) is 5.75 Å². The van der Waals surface area contributed by atoms with Crippen LogP contribution >= 0.6 is 11.6 Å². The summed E-state index contributed by atoms with van der Waals surface area (Å²) >= 11 is 6.10. The molecule has 100 valence electrons. The second kappa shape index (κ2) is 5.85. The number of anilines is 3. The first-order chi connectivity index (χ1) is 9.08. The molecule has 3 nitrogen and oxygen atoms in total. The van der Waals surface area contributed by atoms with Crippen LogP contribution in [-0.2, 0) is 0 Å². The molecule has 2 aromatic rings. The lowest BCUT2D eigenvalue weighted by Gasteiger charge is -2.11. The number of halogens is 1. The van der Waals surface area contributed by atoms with E-state index in [0.29, 0.717) is 12.3 Å². The Hall–Kier alpha value is -1.87. The first-order valence-electron chi connectivity index (χ1n) is 6.15. The fourth-order valence-electron chi connectivity index (χ4n) is 1.78. The molecule has 0 aliphatic heterocycles. The molecule has 0 spiro atoms. The van der Waals surface area contributed by atoms with Crippen LogP contribution in [0.2, 0.25) is 5.02 Å². The van der Waals surface area contributed by atoms with Gasteiger partial charge in [0.2, 0.25) is 0 Å². The number of nitrogen functional groups attached to an aromatic ring is 1. The number of nitrogens with one attached hydrogen (secondary N) is 1. The molecule has 0 saturated heterocycles. The molecule has 0 aromatic heterocycles. The minimum Gasteiger partial charge on any atom is -0.494 e. The summed E-state index contributed by atoms with van der Waals surface area (Å²) in [6.07, 6.45) is 0. The number of ether oxygens (including phenoxy) is 1. The molecule has 19 heavy (non-hydrogen) atoms. The maximum absolute atomic E-state index is 6.10. The van der Waals surface area contributed by atoms with E-state index in [1.807, 2.05) is 44.2 Å². The Morgan fingerprint density at radius 1 is 1.16 bits per heavy atom. The molecule has 0 aliphatic rings. The Morgan fingerprint density at radius 2 is 1.95 bits per heavy atom. The van der Waals surface area contributed by atoms with Gasteiger partial charge < -0.3 is 15.8 Å². The Labute approximate surface area is 118 Å². The summed E-state index contributed by atoms with van der Waals surface area (Å²) in [4.78, 5) is 0. The lowest BCUT2D eigenvalue weighted by Crippen LogP contribution is -1.97. The van der Waals surface area contributed by atoms with Gasteiger partial charge in [0, 0.05) is 34.2 Å². The zero-order valence-electron chi connectivity index (χ0n) is 11.0. The van der Waals surface area contributed by atoms with E-state index in [-0.39, 0.29) is 0 Å². The first kappa shape index (κ1) is 13.6. The number of rotatable bonds is 4. The van der Waals surface area contributed by atoms with Crippen LogP contribution < -0.4 is 15.8 Å².